The Hall–Kier alpha value is -3.99. The molecule has 0 aliphatic carbocycles. The van der Waals surface area contributed by atoms with Gasteiger partial charge in [-0.2, -0.15) is 0 Å². The Kier molecular flexibility index (Phi) is 7.49. The molecule has 3 rings (SSSR count). The number of ether oxygens (including phenoxy) is 3. The minimum absolute atomic E-state index is 0.0435. The SMILES string of the molecule is COc1cc(C=Cc2ccc(NC=CC(=O)c3ccccc3)cc2)cc(OC)c1OC. The molecule has 0 heterocycles. The van der Waals surface area contributed by atoms with Crippen LogP contribution in [0.15, 0.2) is 79.0 Å². The number of nitrogens with one attached hydrogen (secondary N) is 1. The molecule has 31 heavy (non-hydrogen) atoms. The van der Waals surface area contributed by atoms with Gasteiger partial charge in [0.2, 0.25) is 5.75 Å². The van der Waals surface area contributed by atoms with Gasteiger partial charge in [-0.1, -0.05) is 54.6 Å². The smallest absolute Gasteiger partial charge is 0.203 e. The van der Waals surface area contributed by atoms with Gasteiger partial charge in [0, 0.05) is 23.5 Å². The number of methoxy groups -OCH3 is 3. The highest BCUT2D eigenvalue weighted by Gasteiger charge is 2.11. The zero-order chi connectivity index (χ0) is 22.1. The predicted octanol–water partition coefficient (Wildman–Crippen LogP) is 5.69. The van der Waals surface area contributed by atoms with E-state index in [0.29, 0.717) is 22.8 Å². The van der Waals surface area contributed by atoms with E-state index in [4.69, 9.17) is 14.2 Å². The van der Waals surface area contributed by atoms with E-state index in [1.165, 1.54) is 6.08 Å². The molecule has 3 aromatic carbocycles. The van der Waals surface area contributed by atoms with Crippen molar-refractivity contribution >= 4 is 23.6 Å². The molecule has 1 N–H and O–H groups in total. The largest absolute Gasteiger partial charge is 0.493 e. The molecule has 0 atom stereocenters. The number of allylic oxidation sites excluding steroid dienone is 1. The summed E-state index contributed by atoms with van der Waals surface area (Å²) < 4.78 is 16.1. The van der Waals surface area contributed by atoms with Gasteiger partial charge < -0.3 is 19.5 Å². The fourth-order valence-electron chi connectivity index (χ4n) is 2.99. The van der Waals surface area contributed by atoms with Gasteiger partial charge in [0.1, 0.15) is 0 Å². The van der Waals surface area contributed by atoms with Crippen LogP contribution in [0, 0.1) is 0 Å². The highest BCUT2D eigenvalue weighted by molar-refractivity contribution is 6.04. The Morgan fingerprint density at radius 2 is 1.39 bits per heavy atom. The van der Waals surface area contributed by atoms with Crippen LogP contribution in [0.4, 0.5) is 5.69 Å². The minimum atomic E-state index is -0.0435. The summed E-state index contributed by atoms with van der Waals surface area (Å²) >= 11 is 0. The van der Waals surface area contributed by atoms with E-state index < -0.39 is 0 Å². The lowest BCUT2D eigenvalue weighted by atomic mass is 10.1. The Bertz CT molecular complexity index is 1050. The first-order valence-corrected chi connectivity index (χ1v) is 9.75. The maximum atomic E-state index is 12.1. The maximum Gasteiger partial charge on any atom is 0.203 e. The molecule has 0 spiro atoms. The lowest BCUT2D eigenvalue weighted by molar-refractivity contribution is 0.104. The average molecular weight is 415 g/mol. The quantitative estimate of drug-likeness (QED) is 0.276. The first kappa shape index (κ1) is 21.7. The number of ketones is 1. The Balaban J connectivity index is 1.65. The third-order valence-corrected chi connectivity index (χ3v) is 4.61. The van der Waals surface area contributed by atoms with Gasteiger partial charge in [0.25, 0.3) is 0 Å². The molecule has 0 saturated heterocycles. The molecule has 0 bridgehead atoms. The first-order valence-electron chi connectivity index (χ1n) is 9.75. The van der Waals surface area contributed by atoms with E-state index in [2.05, 4.69) is 5.32 Å². The van der Waals surface area contributed by atoms with Crippen molar-refractivity contribution in [2.45, 2.75) is 0 Å². The molecular formula is C26H25NO4. The maximum absolute atomic E-state index is 12.1. The average Bonchev–Trinajstić information content (AvgIpc) is 2.83. The van der Waals surface area contributed by atoms with Crippen LogP contribution in [0.3, 0.4) is 0 Å². The molecule has 5 nitrogen and oxygen atoms in total. The fourth-order valence-corrected chi connectivity index (χ4v) is 2.99. The van der Waals surface area contributed by atoms with E-state index in [-0.39, 0.29) is 5.78 Å². The third-order valence-electron chi connectivity index (χ3n) is 4.61. The summed E-state index contributed by atoms with van der Waals surface area (Å²) in [6.45, 7) is 0. The van der Waals surface area contributed by atoms with Crippen molar-refractivity contribution < 1.29 is 19.0 Å². The number of carbonyl (C=O) groups excluding carboxylic acids is 1. The molecule has 0 radical (unpaired) electrons. The topological polar surface area (TPSA) is 56.8 Å². The Morgan fingerprint density at radius 3 is 1.97 bits per heavy atom. The second-order valence-electron chi connectivity index (χ2n) is 6.62. The van der Waals surface area contributed by atoms with Gasteiger partial charge in [-0.25, -0.2) is 0 Å². The number of anilines is 1. The van der Waals surface area contributed by atoms with Crippen molar-refractivity contribution in [3.63, 3.8) is 0 Å². The van der Waals surface area contributed by atoms with E-state index in [9.17, 15) is 4.79 Å². The standard InChI is InChI=1S/C26H25NO4/c1-29-24-17-20(18-25(30-2)26(24)31-3)10-9-19-11-13-22(14-12-19)27-16-15-23(28)21-7-5-4-6-8-21/h4-18,27H,1-3H3. The van der Waals surface area contributed by atoms with Gasteiger partial charge in [0.15, 0.2) is 17.3 Å². The number of carbonyl (C=O) groups is 1. The van der Waals surface area contributed by atoms with Crippen LogP contribution in [0.25, 0.3) is 12.2 Å². The summed E-state index contributed by atoms with van der Waals surface area (Å²) in [7, 11) is 4.77. The highest BCUT2D eigenvalue weighted by Crippen LogP contribution is 2.38. The van der Waals surface area contributed by atoms with Crippen LogP contribution in [0.5, 0.6) is 17.2 Å². The lowest BCUT2D eigenvalue weighted by Gasteiger charge is -2.12. The van der Waals surface area contributed by atoms with Crippen LogP contribution in [0.1, 0.15) is 21.5 Å². The van der Waals surface area contributed by atoms with Gasteiger partial charge in [-0.05, 0) is 35.4 Å². The van der Waals surface area contributed by atoms with Crippen molar-refractivity contribution in [2.24, 2.45) is 0 Å². The summed E-state index contributed by atoms with van der Waals surface area (Å²) in [5, 5.41) is 3.12. The fraction of sp³-hybridized carbons (Fsp3) is 0.115. The summed E-state index contributed by atoms with van der Waals surface area (Å²) in [4.78, 5) is 12.1. The van der Waals surface area contributed by atoms with Crippen LogP contribution in [-0.4, -0.2) is 27.1 Å². The monoisotopic (exact) mass is 415 g/mol. The molecular weight excluding hydrogens is 390 g/mol. The van der Waals surface area contributed by atoms with Crippen molar-refractivity contribution in [1.82, 2.24) is 0 Å². The van der Waals surface area contributed by atoms with Crippen LogP contribution >= 0.6 is 0 Å². The summed E-state index contributed by atoms with van der Waals surface area (Å²) in [5.41, 5.74) is 3.51. The number of hydrogen-bond acceptors (Lipinski definition) is 5. The molecule has 0 saturated carbocycles. The zero-order valence-corrected chi connectivity index (χ0v) is 17.8. The van der Waals surface area contributed by atoms with E-state index in [0.717, 1.165) is 16.8 Å². The van der Waals surface area contributed by atoms with E-state index >= 15 is 0 Å². The minimum Gasteiger partial charge on any atom is -0.493 e. The normalized spacial score (nSPS) is 10.9. The lowest BCUT2D eigenvalue weighted by Crippen LogP contribution is -1.95. The molecule has 0 aliphatic rings. The van der Waals surface area contributed by atoms with E-state index in [1.807, 2.05) is 66.7 Å². The number of rotatable bonds is 9. The van der Waals surface area contributed by atoms with Crippen molar-refractivity contribution in [3.8, 4) is 17.2 Å². The zero-order valence-electron chi connectivity index (χ0n) is 17.8. The van der Waals surface area contributed by atoms with Gasteiger partial charge in [-0.3, -0.25) is 4.79 Å². The van der Waals surface area contributed by atoms with Crippen LogP contribution in [-0.2, 0) is 0 Å². The summed E-state index contributed by atoms with van der Waals surface area (Å²) in [6, 6.07) is 20.8. The molecule has 0 unspecified atom stereocenters. The molecule has 3 aromatic rings. The second kappa shape index (κ2) is 10.7. The van der Waals surface area contributed by atoms with Crippen molar-refractivity contribution in [3.05, 3.63) is 95.7 Å². The number of benzene rings is 3. The van der Waals surface area contributed by atoms with Gasteiger partial charge in [-0.15, -0.1) is 0 Å². The molecule has 5 heteroatoms. The van der Waals surface area contributed by atoms with Crippen LogP contribution < -0.4 is 19.5 Å². The van der Waals surface area contributed by atoms with Crippen LogP contribution in [0.2, 0.25) is 0 Å². The number of hydrogen-bond donors (Lipinski definition) is 1. The molecule has 0 aromatic heterocycles. The molecule has 0 amide bonds. The predicted molar refractivity (Wildman–Crippen MR) is 125 cm³/mol. The summed E-state index contributed by atoms with van der Waals surface area (Å²) in [5.74, 6) is 1.74. The molecule has 158 valence electrons. The van der Waals surface area contributed by atoms with E-state index in [1.54, 1.807) is 39.7 Å². The van der Waals surface area contributed by atoms with Crippen molar-refractivity contribution in [2.75, 3.05) is 26.6 Å². The molecule has 0 fully saturated rings. The summed E-state index contributed by atoms with van der Waals surface area (Å²) in [6.07, 6.45) is 7.15. The van der Waals surface area contributed by atoms with Gasteiger partial charge in [0.05, 0.1) is 21.3 Å². The van der Waals surface area contributed by atoms with Gasteiger partial charge >= 0.3 is 0 Å². The van der Waals surface area contributed by atoms with Crippen molar-refractivity contribution in [1.29, 1.82) is 0 Å². The Labute approximate surface area is 182 Å². The Morgan fingerprint density at radius 1 is 0.774 bits per heavy atom. The first-order chi connectivity index (χ1) is 15.1. The third kappa shape index (κ3) is 5.76. The highest BCUT2D eigenvalue weighted by atomic mass is 16.5. The second-order valence-corrected chi connectivity index (χ2v) is 6.62. The molecule has 0 aliphatic heterocycles.